The van der Waals surface area contributed by atoms with Crippen LogP contribution in [0.1, 0.15) is 39.4 Å². The van der Waals surface area contributed by atoms with Crippen molar-refractivity contribution in [1.29, 1.82) is 0 Å². The number of benzene rings is 2. The molecule has 0 radical (unpaired) electrons. The van der Waals surface area contributed by atoms with Crippen molar-refractivity contribution in [2.24, 2.45) is 0 Å². The van der Waals surface area contributed by atoms with Crippen LogP contribution in [0.4, 0.5) is 0 Å². The Hall–Kier alpha value is -3.21. The first-order valence-corrected chi connectivity index (χ1v) is 10.3. The monoisotopic (exact) mass is 406 g/mol. The van der Waals surface area contributed by atoms with Gasteiger partial charge in [-0.05, 0) is 64.1 Å². The summed E-state index contributed by atoms with van der Waals surface area (Å²) in [6, 6.07) is 19.3. The van der Waals surface area contributed by atoms with Crippen LogP contribution in [0.25, 0.3) is 5.69 Å². The van der Waals surface area contributed by atoms with Gasteiger partial charge in [-0.25, -0.2) is 0 Å². The highest BCUT2D eigenvalue weighted by molar-refractivity contribution is 5.83. The Labute approximate surface area is 178 Å². The maximum absolute atomic E-state index is 13.6. The largest absolute Gasteiger partial charge is 0.497 e. The zero-order chi connectivity index (χ0) is 21.7. The third kappa shape index (κ3) is 4.67. The zero-order valence-electron chi connectivity index (χ0n) is 18.3. The highest BCUT2D eigenvalue weighted by atomic mass is 16.5. The zero-order valence-corrected chi connectivity index (χ0v) is 18.3. The van der Waals surface area contributed by atoms with Crippen molar-refractivity contribution in [2.45, 2.75) is 45.9 Å². The van der Waals surface area contributed by atoms with E-state index in [9.17, 15) is 4.79 Å². The number of carbonyl (C=O) groups is 1. The Balaban J connectivity index is 2.03. The minimum absolute atomic E-state index is 0.0570. The number of para-hydroxylation sites is 2. The molecule has 1 heterocycles. The normalized spacial score (nSPS) is 12.1. The van der Waals surface area contributed by atoms with Crippen LogP contribution < -0.4 is 9.47 Å². The molecule has 0 saturated heterocycles. The van der Waals surface area contributed by atoms with Crippen molar-refractivity contribution in [3.05, 3.63) is 78.6 Å². The van der Waals surface area contributed by atoms with E-state index in [-0.39, 0.29) is 18.0 Å². The van der Waals surface area contributed by atoms with Gasteiger partial charge in [0, 0.05) is 30.0 Å². The van der Waals surface area contributed by atoms with Crippen LogP contribution in [0.5, 0.6) is 11.5 Å². The molecule has 5 heteroatoms. The van der Waals surface area contributed by atoms with Crippen LogP contribution in [0.3, 0.4) is 0 Å². The third-order valence-corrected chi connectivity index (χ3v) is 5.00. The van der Waals surface area contributed by atoms with Crippen LogP contribution in [-0.2, 0) is 4.79 Å². The lowest BCUT2D eigenvalue weighted by molar-refractivity contribution is -0.142. The molecule has 1 unspecified atom stereocenters. The Morgan fingerprint density at radius 1 is 0.867 bits per heavy atom. The second kappa shape index (κ2) is 9.53. The number of hydrogen-bond donors (Lipinski definition) is 0. The van der Waals surface area contributed by atoms with E-state index >= 15 is 0 Å². The van der Waals surface area contributed by atoms with Gasteiger partial charge in [-0.15, -0.1) is 0 Å². The molecule has 0 fully saturated rings. The van der Waals surface area contributed by atoms with Gasteiger partial charge >= 0.3 is 0 Å². The van der Waals surface area contributed by atoms with E-state index in [1.807, 2.05) is 110 Å². The van der Waals surface area contributed by atoms with Crippen molar-refractivity contribution in [1.82, 2.24) is 9.47 Å². The Morgan fingerprint density at radius 2 is 1.47 bits per heavy atom. The summed E-state index contributed by atoms with van der Waals surface area (Å²) in [6.45, 7) is 8.10. The highest BCUT2D eigenvalue weighted by Gasteiger charge is 2.31. The maximum Gasteiger partial charge on any atom is 0.268 e. The lowest BCUT2D eigenvalue weighted by atomic mass is 10.1. The van der Waals surface area contributed by atoms with E-state index in [0.29, 0.717) is 5.75 Å². The van der Waals surface area contributed by atoms with Crippen molar-refractivity contribution in [3.8, 4) is 17.2 Å². The fourth-order valence-corrected chi connectivity index (χ4v) is 3.67. The summed E-state index contributed by atoms with van der Waals surface area (Å²) < 4.78 is 13.7. The molecule has 3 rings (SSSR count). The van der Waals surface area contributed by atoms with Crippen LogP contribution >= 0.6 is 0 Å². The van der Waals surface area contributed by atoms with E-state index in [1.165, 1.54) is 0 Å². The van der Waals surface area contributed by atoms with Gasteiger partial charge in [0.2, 0.25) is 6.10 Å². The fourth-order valence-electron chi connectivity index (χ4n) is 3.67. The molecule has 1 atom stereocenters. The van der Waals surface area contributed by atoms with E-state index in [2.05, 4.69) is 0 Å². The summed E-state index contributed by atoms with van der Waals surface area (Å²) in [5.74, 6) is 1.32. The smallest absolute Gasteiger partial charge is 0.268 e. The Kier molecular flexibility index (Phi) is 6.83. The van der Waals surface area contributed by atoms with Gasteiger partial charge in [0.15, 0.2) is 0 Å². The summed E-state index contributed by atoms with van der Waals surface area (Å²) in [4.78, 5) is 15.5. The van der Waals surface area contributed by atoms with Gasteiger partial charge in [0.25, 0.3) is 5.91 Å². The molecule has 0 spiro atoms. The number of carbonyl (C=O) groups excluding carboxylic acids is 1. The molecule has 2 aromatic carbocycles. The standard InChI is InChI=1S/C25H30N2O3/c1-18(2)27(19(3)4)25(28)24(20-12-14-21(29-5)15-13-20)30-23-11-7-6-10-22(23)26-16-8-9-17-26/h6-19,24H,1-5H3. The van der Waals surface area contributed by atoms with Crippen molar-refractivity contribution < 1.29 is 14.3 Å². The van der Waals surface area contributed by atoms with Gasteiger partial charge in [0.1, 0.15) is 11.5 Å². The van der Waals surface area contributed by atoms with Crippen LogP contribution in [0.2, 0.25) is 0 Å². The SMILES string of the molecule is COc1ccc(C(Oc2ccccc2-n2cccc2)C(=O)N(C(C)C)C(C)C)cc1. The first kappa shape index (κ1) is 21.5. The summed E-state index contributed by atoms with van der Waals surface area (Å²) in [7, 11) is 1.63. The van der Waals surface area contributed by atoms with Gasteiger partial charge in [-0.3, -0.25) is 4.79 Å². The molecule has 158 valence electrons. The van der Waals surface area contributed by atoms with E-state index < -0.39 is 6.10 Å². The molecule has 1 aromatic heterocycles. The molecule has 0 aliphatic heterocycles. The quantitative estimate of drug-likeness (QED) is 0.513. The third-order valence-electron chi connectivity index (χ3n) is 5.00. The fraction of sp³-hybridized carbons (Fsp3) is 0.320. The number of methoxy groups -OCH3 is 1. The van der Waals surface area contributed by atoms with Gasteiger partial charge in [-0.2, -0.15) is 0 Å². The summed E-state index contributed by atoms with van der Waals surface area (Å²) in [5, 5.41) is 0. The van der Waals surface area contributed by atoms with Gasteiger partial charge in [0.05, 0.1) is 12.8 Å². The highest BCUT2D eigenvalue weighted by Crippen LogP contribution is 2.31. The van der Waals surface area contributed by atoms with Crippen molar-refractivity contribution >= 4 is 5.91 Å². The number of nitrogens with zero attached hydrogens (tertiary/aromatic N) is 2. The number of amides is 1. The number of aromatic nitrogens is 1. The second-order valence-corrected chi connectivity index (χ2v) is 7.76. The lowest BCUT2D eigenvalue weighted by Crippen LogP contribution is -2.45. The minimum Gasteiger partial charge on any atom is -0.497 e. The Bertz CT molecular complexity index is 939. The number of rotatable bonds is 8. The molecule has 0 aliphatic rings. The van der Waals surface area contributed by atoms with Crippen molar-refractivity contribution in [3.63, 3.8) is 0 Å². The average molecular weight is 407 g/mol. The molecule has 0 bridgehead atoms. The minimum atomic E-state index is -0.766. The molecule has 0 aliphatic carbocycles. The predicted molar refractivity (Wildman–Crippen MR) is 119 cm³/mol. The Morgan fingerprint density at radius 3 is 2.03 bits per heavy atom. The maximum atomic E-state index is 13.6. The van der Waals surface area contributed by atoms with Gasteiger partial charge < -0.3 is 18.9 Å². The molecule has 5 nitrogen and oxygen atoms in total. The van der Waals surface area contributed by atoms with E-state index in [4.69, 9.17) is 9.47 Å². The summed E-state index contributed by atoms with van der Waals surface area (Å²) in [5.41, 5.74) is 1.67. The number of ether oxygens (including phenoxy) is 2. The molecular formula is C25H30N2O3. The first-order chi connectivity index (χ1) is 14.4. The van der Waals surface area contributed by atoms with Crippen LogP contribution in [-0.4, -0.2) is 34.6 Å². The second-order valence-electron chi connectivity index (χ2n) is 7.76. The molecule has 0 N–H and O–H groups in total. The van der Waals surface area contributed by atoms with Crippen LogP contribution in [0.15, 0.2) is 73.1 Å². The topological polar surface area (TPSA) is 43.7 Å². The van der Waals surface area contributed by atoms with Crippen molar-refractivity contribution in [2.75, 3.05) is 7.11 Å². The molecule has 1 amide bonds. The molecular weight excluding hydrogens is 376 g/mol. The lowest BCUT2D eigenvalue weighted by Gasteiger charge is -2.34. The molecule has 30 heavy (non-hydrogen) atoms. The van der Waals surface area contributed by atoms with Gasteiger partial charge in [-0.1, -0.05) is 24.3 Å². The molecule has 0 saturated carbocycles. The first-order valence-electron chi connectivity index (χ1n) is 10.3. The number of hydrogen-bond acceptors (Lipinski definition) is 3. The summed E-state index contributed by atoms with van der Waals surface area (Å²) in [6.07, 6.45) is 3.15. The van der Waals surface area contributed by atoms with Crippen LogP contribution in [0, 0.1) is 0 Å². The van der Waals surface area contributed by atoms with E-state index in [1.54, 1.807) is 7.11 Å². The van der Waals surface area contributed by atoms with E-state index in [0.717, 1.165) is 17.0 Å². The predicted octanol–water partition coefficient (Wildman–Crippen LogP) is 5.25. The molecule has 3 aromatic rings. The average Bonchev–Trinajstić information content (AvgIpc) is 3.26. The summed E-state index contributed by atoms with van der Waals surface area (Å²) >= 11 is 0.